The van der Waals surface area contributed by atoms with Gasteiger partial charge < -0.3 is 10.1 Å². The molecule has 30 heavy (non-hydrogen) atoms. The second kappa shape index (κ2) is 10.2. The van der Waals surface area contributed by atoms with Crippen molar-refractivity contribution in [1.82, 2.24) is 19.8 Å². The van der Waals surface area contributed by atoms with E-state index >= 15 is 0 Å². The summed E-state index contributed by atoms with van der Waals surface area (Å²) in [6.45, 7) is 4.22. The zero-order chi connectivity index (χ0) is 20.8. The lowest BCUT2D eigenvalue weighted by Gasteiger charge is -2.48. The van der Waals surface area contributed by atoms with Crippen LogP contribution in [0, 0.1) is 0 Å². The molecule has 8 heteroatoms. The van der Waals surface area contributed by atoms with Crippen LogP contribution in [0.1, 0.15) is 32.1 Å². The summed E-state index contributed by atoms with van der Waals surface area (Å²) in [4.78, 5) is 19.6. The largest absolute Gasteiger partial charge is 0.379 e. The fourth-order valence-electron chi connectivity index (χ4n) is 4.52. The van der Waals surface area contributed by atoms with Crippen molar-refractivity contribution in [2.24, 2.45) is 0 Å². The van der Waals surface area contributed by atoms with Crippen molar-refractivity contribution in [2.75, 3.05) is 38.6 Å². The predicted octanol–water partition coefficient (Wildman–Crippen LogP) is 3.77. The molecule has 2 heterocycles. The van der Waals surface area contributed by atoms with Crippen LogP contribution in [0.2, 0.25) is 5.02 Å². The Morgan fingerprint density at radius 1 is 1.23 bits per heavy atom. The average molecular weight is 449 g/mol. The van der Waals surface area contributed by atoms with Crippen molar-refractivity contribution in [2.45, 2.75) is 42.8 Å². The van der Waals surface area contributed by atoms with Crippen molar-refractivity contribution in [3.05, 3.63) is 41.7 Å². The number of hydrogen-bond donors (Lipinski definition) is 1. The van der Waals surface area contributed by atoms with Crippen molar-refractivity contribution >= 4 is 29.3 Å². The lowest BCUT2D eigenvalue weighted by molar-refractivity contribution is -0.119. The molecule has 1 aromatic carbocycles. The van der Waals surface area contributed by atoms with Crippen LogP contribution >= 0.6 is 23.4 Å². The van der Waals surface area contributed by atoms with Crippen LogP contribution in [-0.4, -0.2) is 64.5 Å². The third-order valence-electron chi connectivity index (χ3n) is 6.11. The fourth-order valence-corrected chi connectivity index (χ4v) is 5.50. The zero-order valence-corrected chi connectivity index (χ0v) is 18.8. The van der Waals surface area contributed by atoms with Gasteiger partial charge in [-0.05, 0) is 31.0 Å². The predicted molar refractivity (Wildman–Crippen MR) is 121 cm³/mol. The fraction of sp³-hybridized carbons (Fsp3) is 0.545. The number of hydrogen-bond acceptors (Lipinski definition) is 5. The summed E-state index contributed by atoms with van der Waals surface area (Å²) < 4.78 is 7.50. The molecule has 2 aromatic rings. The number of nitrogens with one attached hydrogen (secondary N) is 1. The Balaban J connectivity index is 1.34. The number of carbonyl (C=O) groups excluding carboxylic acids is 1. The van der Waals surface area contributed by atoms with Gasteiger partial charge >= 0.3 is 0 Å². The van der Waals surface area contributed by atoms with E-state index in [-0.39, 0.29) is 11.4 Å². The van der Waals surface area contributed by atoms with Crippen LogP contribution in [0.25, 0.3) is 5.69 Å². The van der Waals surface area contributed by atoms with Gasteiger partial charge in [-0.25, -0.2) is 4.98 Å². The number of ether oxygens (including phenoxy) is 1. The number of carbonyl (C=O) groups is 1. The number of amides is 1. The van der Waals surface area contributed by atoms with Gasteiger partial charge in [0.25, 0.3) is 0 Å². The van der Waals surface area contributed by atoms with Crippen molar-refractivity contribution in [3.8, 4) is 5.69 Å². The lowest BCUT2D eigenvalue weighted by Crippen LogP contribution is -2.59. The van der Waals surface area contributed by atoms with E-state index < -0.39 is 0 Å². The molecule has 1 N–H and O–H groups in total. The summed E-state index contributed by atoms with van der Waals surface area (Å²) in [7, 11) is 0. The minimum Gasteiger partial charge on any atom is -0.379 e. The first-order valence-electron chi connectivity index (χ1n) is 10.7. The SMILES string of the molecule is O=C(CSc1nccn1-c1cccc(Cl)c1)NCC1(N2CCOCC2)CCCCC1. The summed E-state index contributed by atoms with van der Waals surface area (Å²) >= 11 is 7.56. The Labute approximate surface area is 187 Å². The van der Waals surface area contributed by atoms with E-state index in [4.69, 9.17) is 16.3 Å². The first kappa shape index (κ1) is 21.7. The molecule has 1 aromatic heterocycles. The monoisotopic (exact) mass is 448 g/mol. The van der Waals surface area contributed by atoms with E-state index in [1.807, 2.05) is 35.0 Å². The number of aromatic nitrogens is 2. The highest BCUT2D eigenvalue weighted by Gasteiger charge is 2.38. The summed E-state index contributed by atoms with van der Waals surface area (Å²) in [6.07, 6.45) is 9.71. The van der Waals surface area contributed by atoms with Gasteiger partial charge in [0.1, 0.15) is 0 Å². The van der Waals surface area contributed by atoms with Gasteiger partial charge in [0, 0.05) is 48.3 Å². The maximum Gasteiger partial charge on any atom is 0.230 e. The molecule has 0 radical (unpaired) electrons. The van der Waals surface area contributed by atoms with E-state index in [0.29, 0.717) is 10.8 Å². The number of rotatable bonds is 7. The molecule has 1 saturated carbocycles. The number of thioether (sulfide) groups is 1. The third-order valence-corrected chi connectivity index (χ3v) is 7.31. The highest BCUT2D eigenvalue weighted by Crippen LogP contribution is 2.34. The molecular formula is C22H29ClN4O2S. The van der Waals surface area contributed by atoms with Gasteiger partial charge in [0.05, 0.1) is 19.0 Å². The van der Waals surface area contributed by atoms with Gasteiger partial charge in [-0.15, -0.1) is 0 Å². The molecule has 1 amide bonds. The lowest BCUT2D eigenvalue weighted by atomic mass is 9.79. The van der Waals surface area contributed by atoms with E-state index in [0.717, 1.165) is 56.5 Å². The van der Waals surface area contributed by atoms with Gasteiger partial charge in [0.15, 0.2) is 5.16 Å². The van der Waals surface area contributed by atoms with Crippen molar-refractivity contribution < 1.29 is 9.53 Å². The van der Waals surface area contributed by atoms with Crippen molar-refractivity contribution in [1.29, 1.82) is 0 Å². The summed E-state index contributed by atoms with van der Waals surface area (Å²) in [5.41, 5.74) is 1.03. The molecule has 1 aliphatic heterocycles. The van der Waals surface area contributed by atoms with E-state index in [9.17, 15) is 4.79 Å². The molecule has 2 aliphatic rings. The normalized spacial score (nSPS) is 19.5. The molecular weight excluding hydrogens is 420 g/mol. The second-order valence-corrected chi connectivity index (χ2v) is 9.39. The quantitative estimate of drug-likeness (QED) is 0.653. The Morgan fingerprint density at radius 3 is 2.80 bits per heavy atom. The molecule has 2 fully saturated rings. The Hall–Kier alpha value is -1.54. The molecule has 0 unspecified atom stereocenters. The molecule has 1 saturated heterocycles. The topological polar surface area (TPSA) is 59.4 Å². The van der Waals surface area contributed by atoms with E-state index in [1.54, 1.807) is 6.20 Å². The maximum atomic E-state index is 12.7. The van der Waals surface area contributed by atoms with Crippen LogP contribution in [0.3, 0.4) is 0 Å². The van der Waals surface area contributed by atoms with Gasteiger partial charge in [0.2, 0.25) is 5.91 Å². The molecule has 0 atom stereocenters. The van der Waals surface area contributed by atoms with Crippen LogP contribution in [-0.2, 0) is 9.53 Å². The average Bonchev–Trinajstić information content (AvgIpc) is 3.26. The van der Waals surface area contributed by atoms with Crippen LogP contribution in [0.5, 0.6) is 0 Å². The second-order valence-electron chi connectivity index (χ2n) is 8.01. The third kappa shape index (κ3) is 5.19. The zero-order valence-electron chi connectivity index (χ0n) is 17.2. The standard InChI is InChI=1S/C22H29ClN4O2S/c23-18-5-4-6-19(15-18)27-10-9-24-21(27)30-16-20(28)25-17-22(7-2-1-3-8-22)26-11-13-29-14-12-26/h4-6,9-10,15H,1-3,7-8,11-14,16-17H2,(H,25,28). The molecule has 0 bridgehead atoms. The van der Waals surface area contributed by atoms with Crippen LogP contribution in [0.4, 0.5) is 0 Å². The number of nitrogens with zero attached hydrogens (tertiary/aromatic N) is 3. The van der Waals surface area contributed by atoms with Crippen molar-refractivity contribution in [3.63, 3.8) is 0 Å². The summed E-state index contributed by atoms with van der Waals surface area (Å²) in [5, 5.41) is 4.68. The molecule has 0 spiro atoms. The smallest absolute Gasteiger partial charge is 0.230 e. The van der Waals surface area contributed by atoms with Crippen LogP contribution < -0.4 is 5.32 Å². The minimum atomic E-state index is 0.0545. The molecule has 162 valence electrons. The number of morpholine rings is 1. The maximum absolute atomic E-state index is 12.7. The minimum absolute atomic E-state index is 0.0545. The Bertz CT molecular complexity index is 847. The number of imidazole rings is 1. The van der Waals surface area contributed by atoms with Gasteiger partial charge in [-0.1, -0.05) is 48.7 Å². The summed E-state index contributed by atoms with van der Waals surface area (Å²) in [5.74, 6) is 0.399. The molecule has 6 nitrogen and oxygen atoms in total. The highest BCUT2D eigenvalue weighted by molar-refractivity contribution is 7.99. The van der Waals surface area contributed by atoms with E-state index in [1.165, 1.54) is 31.0 Å². The Kier molecular flexibility index (Phi) is 7.36. The summed E-state index contributed by atoms with van der Waals surface area (Å²) in [6, 6.07) is 7.63. The van der Waals surface area contributed by atoms with E-state index in [2.05, 4.69) is 15.2 Å². The first-order chi connectivity index (χ1) is 14.7. The molecule has 1 aliphatic carbocycles. The highest BCUT2D eigenvalue weighted by atomic mass is 35.5. The van der Waals surface area contributed by atoms with Crippen LogP contribution in [0.15, 0.2) is 41.8 Å². The Morgan fingerprint density at radius 2 is 2.03 bits per heavy atom. The number of benzene rings is 1. The molecule has 4 rings (SSSR count). The van der Waals surface area contributed by atoms with Gasteiger partial charge in [-0.3, -0.25) is 14.3 Å². The first-order valence-corrected chi connectivity index (χ1v) is 12.0. The number of halogens is 1. The van der Waals surface area contributed by atoms with Gasteiger partial charge in [-0.2, -0.15) is 0 Å².